The number of carbonyl (C=O) groups is 2. The van der Waals surface area contributed by atoms with Crippen LogP contribution in [0.3, 0.4) is 0 Å². The summed E-state index contributed by atoms with van der Waals surface area (Å²) >= 11 is 0. The standard InChI is InChI=1S/C23H27NO6/c1-4-6-12-29-20(25)14-30-21-16(10-11-19(27-3)22(21)28-5-2)15-8-7-9-17-18(15)13-24-23(17)26/h7-11H,4-6,12-14H2,1-3H3,(H,24,26). The Morgan fingerprint density at radius 3 is 2.57 bits per heavy atom. The number of unbranched alkanes of at least 4 members (excludes halogenated alkanes) is 1. The van der Waals surface area contributed by atoms with Crippen LogP contribution in [-0.4, -0.2) is 38.8 Å². The van der Waals surface area contributed by atoms with E-state index >= 15 is 0 Å². The molecule has 1 heterocycles. The highest BCUT2D eigenvalue weighted by molar-refractivity contribution is 6.01. The van der Waals surface area contributed by atoms with Crippen molar-refractivity contribution in [2.75, 3.05) is 26.9 Å². The molecule has 0 fully saturated rings. The van der Waals surface area contributed by atoms with E-state index in [9.17, 15) is 9.59 Å². The molecule has 1 aliphatic heterocycles. The van der Waals surface area contributed by atoms with E-state index in [-0.39, 0.29) is 12.5 Å². The summed E-state index contributed by atoms with van der Waals surface area (Å²) in [5.74, 6) is 0.740. The maximum atomic E-state index is 12.1. The number of hydrogen-bond donors (Lipinski definition) is 1. The molecule has 1 amide bonds. The van der Waals surface area contributed by atoms with Gasteiger partial charge in [0.2, 0.25) is 5.75 Å². The molecule has 7 heteroatoms. The fraction of sp³-hybridized carbons (Fsp3) is 0.391. The van der Waals surface area contributed by atoms with Gasteiger partial charge in [0.05, 0.1) is 20.3 Å². The van der Waals surface area contributed by atoms with Crippen molar-refractivity contribution in [1.82, 2.24) is 5.32 Å². The molecule has 0 aliphatic carbocycles. The number of ether oxygens (including phenoxy) is 4. The molecule has 0 radical (unpaired) electrons. The van der Waals surface area contributed by atoms with Crippen molar-refractivity contribution in [2.45, 2.75) is 33.2 Å². The number of benzene rings is 2. The van der Waals surface area contributed by atoms with Crippen molar-refractivity contribution in [2.24, 2.45) is 0 Å². The fourth-order valence-corrected chi connectivity index (χ4v) is 3.35. The maximum Gasteiger partial charge on any atom is 0.344 e. The van der Waals surface area contributed by atoms with Gasteiger partial charge in [0.1, 0.15) is 0 Å². The fourth-order valence-electron chi connectivity index (χ4n) is 3.35. The van der Waals surface area contributed by atoms with Crippen molar-refractivity contribution < 1.29 is 28.5 Å². The number of fused-ring (bicyclic) bond motifs is 1. The Morgan fingerprint density at radius 1 is 1.03 bits per heavy atom. The summed E-state index contributed by atoms with van der Waals surface area (Å²) in [5, 5.41) is 2.85. The number of carbonyl (C=O) groups excluding carboxylic acids is 2. The molecule has 0 saturated heterocycles. The summed E-state index contributed by atoms with van der Waals surface area (Å²) < 4.78 is 22.4. The van der Waals surface area contributed by atoms with Gasteiger partial charge in [0.25, 0.3) is 5.91 Å². The molecule has 7 nitrogen and oxygen atoms in total. The van der Waals surface area contributed by atoms with Gasteiger partial charge in [-0.2, -0.15) is 0 Å². The van der Waals surface area contributed by atoms with Gasteiger partial charge in [-0.15, -0.1) is 0 Å². The van der Waals surface area contributed by atoms with Gasteiger partial charge >= 0.3 is 5.97 Å². The third-order valence-corrected chi connectivity index (χ3v) is 4.82. The number of methoxy groups -OCH3 is 1. The monoisotopic (exact) mass is 413 g/mol. The van der Waals surface area contributed by atoms with Crippen LogP contribution >= 0.6 is 0 Å². The van der Waals surface area contributed by atoms with E-state index in [0.29, 0.717) is 48.1 Å². The van der Waals surface area contributed by atoms with E-state index in [1.807, 2.05) is 32.0 Å². The van der Waals surface area contributed by atoms with Gasteiger partial charge in [-0.1, -0.05) is 25.5 Å². The molecular weight excluding hydrogens is 386 g/mol. The molecule has 2 aromatic carbocycles. The van der Waals surface area contributed by atoms with Crippen molar-refractivity contribution in [3.63, 3.8) is 0 Å². The van der Waals surface area contributed by atoms with Crippen LogP contribution in [0.25, 0.3) is 11.1 Å². The van der Waals surface area contributed by atoms with E-state index in [0.717, 1.165) is 24.0 Å². The molecule has 2 aromatic rings. The molecule has 0 aromatic heterocycles. The minimum Gasteiger partial charge on any atom is -0.493 e. The molecular formula is C23H27NO6. The molecule has 0 saturated carbocycles. The summed E-state index contributed by atoms with van der Waals surface area (Å²) in [6, 6.07) is 9.17. The van der Waals surface area contributed by atoms with Gasteiger partial charge in [-0.25, -0.2) is 4.79 Å². The predicted molar refractivity (Wildman–Crippen MR) is 112 cm³/mol. The highest BCUT2D eigenvalue weighted by Crippen LogP contribution is 2.46. The van der Waals surface area contributed by atoms with Crippen LogP contribution < -0.4 is 19.5 Å². The molecule has 0 spiro atoms. The first kappa shape index (κ1) is 21.5. The largest absolute Gasteiger partial charge is 0.493 e. The summed E-state index contributed by atoms with van der Waals surface area (Å²) in [5.41, 5.74) is 3.06. The lowest BCUT2D eigenvalue weighted by Crippen LogP contribution is -2.16. The average molecular weight is 413 g/mol. The first-order chi connectivity index (χ1) is 14.6. The van der Waals surface area contributed by atoms with Gasteiger partial charge in [-0.3, -0.25) is 4.79 Å². The Hall–Kier alpha value is -3.22. The van der Waals surface area contributed by atoms with Crippen LogP contribution in [0.1, 0.15) is 42.6 Å². The van der Waals surface area contributed by atoms with Crippen LogP contribution in [-0.2, 0) is 16.1 Å². The van der Waals surface area contributed by atoms with Crippen LogP contribution in [0.4, 0.5) is 0 Å². The van der Waals surface area contributed by atoms with Crippen molar-refractivity contribution in [3.8, 4) is 28.4 Å². The lowest BCUT2D eigenvalue weighted by molar-refractivity contribution is -0.146. The lowest BCUT2D eigenvalue weighted by atomic mass is 9.95. The number of rotatable bonds is 10. The van der Waals surface area contributed by atoms with Crippen molar-refractivity contribution >= 4 is 11.9 Å². The van der Waals surface area contributed by atoms with Crippen LogP contribution in [0.2, 0.25) is 0 Å². The van der Waals surface area contributed by atoms with E-state index < -0.39 is 5.97 Å². The van der Waals surface area contributed by atoms with Crippen LogP contribution in [0.15, 0.2) is 30.3 Å². The zero-order chi connectivity index (χ0) is 21.5. The Kier molecular flexibility index (Phi) is 7.17. The van der Waals surface area contributed by atoms with E-state index in [2.05, 4.69) is 5.32 Å². The Bertz CT molecular complexity index is 924. The summed E-state index contributed by atoms with van der Waals surface area (Å²) in [6.07, 6.45) is 1.74. The van der Waals surface area contributed by atoms with E-state index in [4.69, 9.17) is 18.9 Å². The van der Waals surface area contributed by atoms with Gasteiger partial charge < -0.3 is 24.3 Å². The molecule has 0 bridgehead atoms. The molecule has 3 rings (SSSR count). The highest BCUT2D eigenvalue weighted by Gasteiger charge is 2.26. The second-order valence-corrected chi connectivity index (χ2v) is 6.78. The number of esters is 1. The molecule has 30 heavy (non-hydrogen) atoms. The van der Waals surface area contributed by atoms with E-state index in [1.54, 1.807) is 19.2 Å². The van der Waals surface area contributed by atoms with Crippen molar-refractivity contribution in [1.29, 1.82) is 0 Å². The van der Waals surface area contributed by atoms with Crippen LogP contribution in [0, 0.1) is 0 Å². The Labute approximate surface area is 176 Å². The van der Waals surface area contributed by atoms with E-state index in [1.165, 1.54) is 0 Å². The number of nitrogens with one attached hydrogen (secondary N) is 1. The molecule has 0 unspecified atom stereocenters. The third kappa shape index (κ3) is 4.50. The molecule has 0 atom stereocenters. The Morgan fingerprint density at radius 2 is 1.83 bits per heavy atom. The quantitative estimate of drug-likeness (QED) is 0.472. The summed E-state index contributed by atoms with van der Waals surface area (Å²) in [7, 11) is 1.54. The first-order valence-electron chi connectivity index (χ1n) is 10.1. The normalized spacial score (nSPS) is 12.2. The van der Waals surface area contributed by atoms with Gasteiger partial charge in [-0.05, 0) is 42.7 Å². The maximum absolute atomic E-state index is 12.1. The minimum atomic E-state index is -0.449. The Balaban J connectivity index is 2.00. The molecule has 1 aliphatic rings. The molecule has 1 N–H and O–H groups in total. The van der Waals surface area contributed by atoms with Gasteiger partial charge in [0.15, 0.2) is 18.1 Å². The SMILES string of the molecule is CCCCOC(=O)COc1c(-c2cccc3c2CNC3=O)ccc(OC)c1OCC. The van der Waals surface area contributed by atoms with Crippen LogP contribution in [0.5, 0.6) is 17.2 Å². The first-order valence-corrected chi connectivity index (χ1v) is 10.1. The topological polar surface area (TPSA) is 83.1 Å². The highest BCUT2D eigenvalue weighted by atomic mass is 16.6. The number of hydrogen-bond acceptors (Lipinski definition) is 6. The predicted octanol–water partition coefficient (Wildman–Crippen LogP) is 3.73. The lowest BCUT2D eigenvalue weighted by Gasteiger charge is -2.19. The molecule has 160 valence electrons. The minimum absolute atomic E-state index is 0.104. The zero-order valence-corrected chi connectivity index (χ0v) is 17.6. The number of amides is 1. The average Bonchev–Trinajstić information content (AvgIpc) is 3.14. The second-order valence-electron chi connectivity index (χ2n) is 6.78. The summed E-state index contributed by atoms with van der Waals surface area (Å²) in [6.45, 7) is 4.82. The van der Waals surface area contributed by atoms with Crippen molar-refractivity contribution in [3.05, 3.63) is 41.5 Å². The summed E-state index contributed by atoms with van der Waals surface area (Å²) in [4.78, 5) is 24.2. The third-order valence-electron chi connectivity index (χ3n) is 4.82. The second kappa shape index (κ2) is 10.0. The van der Waals surface area contributed by atoms with Gasteiger partial charge in [0, 0.05) is 17.7 Å². The smallest absolute Gasteiger partial charge is 0.344 e. The zero-order valence-electron chi connectivity index (χ0n) is 17.6.